The topological polar surface area (TPSA) is 68.0 Å². The molecule has 4 nitrogen and oxygen atoms in total. The Balaban J connectivity index is 2.48. The van der Waals surface area contributed by atoms with Gasteiger partial charge in [0.2, 0.25) is 5.91 Å². The summed E-state index contributed by atoms with van der Waals surface area (Å²) < 4.78 is 0. The minimum Gasteiger partial charge on any atom is -0.397 e. The largest absolute Gasteiger partial charge is 0.397 e. The van der Waals surface area contributed by atoms with Gasteiger partial charge in [0, 0.05) is 11.7 Å². The summed E-state index contributed by atoms with van der Waals surface area (Å²) >= 11 is 0. The Morgan fingerprint density at radius 2 is 2.12 bits per heavy atom. The number of nitrogens with one attached hydrogen (secondary N) is 1. The van der Waals surface area contributed by atoms with Gasteiger partial charge >= 0.3 is 0 Å². The highest BCUT2D eigenvalue weighted by atomic mass is 16.1. The smallest absolute Gasteiger partial charge is 0.226 e. The van der Waals surface area contributed by atoms with Crippen molar-refractivity contribution in [2.24, 2.45) is 5.92 Å². The molecule has 1 aromatic rings. The van der Waals surface area contributed by atoms with Crippen LogP contribution in [0, 0.1) is 5.92 Å². The van der Waals surface area contributed by atoms with E-state index in [0.29, 0.717) is 18.0 Å². The van der Waals surface area contributed by atoms with Crippen LogP contribution >= 0.6 is 0 Å². The van der Waals surface area contributed by atoms with Crippen molar-refractivity contribution in [1.29, 1.82) is 0 Å². The average Bonchev–Trinajstić information content (AvgIpc) is 2.21. The van der Waals surface area contributed by atoms with Gasteiger partial charge in [0.15, 0.2) is 0 Å². The predicted molar refractivity (Wildman–Crippen MR) is 64.8 cm³/mol. The molecule has 0 bridgehead atoms. The number of aromatic nitrogens is 1. The van der Waals surface area contributed by atoms with Crippen LogP contribution in [-0.2, 0) is 11.2 Å². The maximum absolute atomic E-state index is 11.6. The number of hydrogen-bond donors (Lipinski definition) is 2. The van der Waals surface area contributed by atoms with Crippen LogP contribution in [0.1, 0.15) is 26.5 Å². The van der Waals surface area contributed by atoms with Crippen LogP contribution in [0.3, 0.4) is 0 Å². The van der Waals surface area contributed by atoms with E-state index in [2.05, 4.69) is 24.1 Å². The first-order chi connectivity index (χ1) is 7.49. The predicted octanol–water partition coefficient (Wildman–Crippen LogP) is 1.37. The molecule has 0 aromatic carbocycles. The van der Waals surface area contributed by atoms with Crippen LogP contribution in [0.5, 0.6) is 0 Å². The Labute approximate surface area is 96.3 Å². The molecule has 3 N–H and O–H groups in total. The number of rotatable bonds is 4. The first-order valence-corrected chi connectivity index (χ1v) is 5.49. The van der Waals surface area contributed by atoms with Gasteiger partial charge in [-0.3, -0.25) is 9.78 Å². The molecule has 1 aromatic heterocycles. The second-order valence-corrected chi connectivity index (χ2v) is 4.36. The Hall–Kier alpha value is -1.58. The Morgan fingerprint density at radius 1 is 1.44 bits per heavy atom. The van der Waals surface area contributed by atoms with Gasteiger partial charge in [0.25, 0.3) is 0 Å². The molecule has 1 amide bonds. The van der Waals surface area contributed by atoms with Crippen molar-refractivity contribution in [3.63, 3.8) is 0 Å². The third kappa shape index (κ3) is 3.88. The molecule has 1 heterocycles. The normalized spacial score (nSPS) is 12.5. The zero-order chi connectivity index (χ0) is 12.1. The van der Waals surface area contributed by atoms with E-state index < -0.39 is 0 Å². The number of anilines is 1. The highest BCUT2D eigenvalue weighted by molar-refractivity contribution is 5.78. The molecule has 0 saturated heterocycles. The van der Waals surface area contributed by atoms with E-state index in [9.17, 15) is 4.79 Å². The Bertz CT molecular complexity index is 346. The van der Waals surface area contributed by atoms with E-state index in [-0.39, 0.29) is 11.9 Å². The zero-order valence-electron chi connectivity index (χ0n) is 10.0. The third-order valence-electron chi connectivity index (χ3n) is 2.58. The zero-order valence-corrected chi connectivity index (χ0v) is 10.0. The fourth-order valence-electron chi connectivity index (χ4n) is 1.18. The van der Waals surface area contributed by atoms with Gasteiger partial charge in [-0.15, -0.1) is 0 Å². The molecule has 0 aliphatic rings. The van der Waals surface area contributed by atoms with Gasteiger partial charge in [0.05, 0.1) is 18.3 Å². The minimum absolute atomic E-state index is 0.00142. The van der Waals surface area contributed by atoms with Crippen molar-refractivity contribution >= 4 is 11.6 Å². The second-order valence-electron chi connectivity index (χ2n) is 4.36. The summed E-state index contributed by atoms with van der Waals surface area (Å²) in [5, 5.41) is 2.93. The Kier molecular flexibility index (Phi) is 4.28. The lowest BCUT2D eigenvalue weighted by Gasteiger charge is -2.17. The maximum Gasteiger partial charge on any atom is 0.226 e. The van der Waals surface area contributed by atoms with Crippen LogP contribution in [-0.4, -0.2) is 16.9 Å². The quantitative estimate of drug-likeness (QED) is 0.806. The second kappa shape index (κ2) is 5.49. The van der Waals surface area contributed by atoms with Crippen LogP contribution in [0.25, 0.3) is 0 Å². The van der Waals surface area contributed by atoms with Gasteiger partial charge in [-0.05, 0) is 25.0 Å². The van der Waals surface area contributed by atoms with E-state index in [1.807, 2.05) is 6.92 Å². The molecule has 0 aliphatic heterocycles. The van der Waals surface area contributed by atoms with Crippen LogP contribution in [0.15, 0.2) is 18.3 Å². The molecule has 1 atom stereocenters. The lowest BCUT2D eigenvalue weighted by Crippen LogP contribution is -2.37. The molecule has 0 saturated carbocycles. The van der Waals surface area contributed by atoms with Crippen molar-refractivity contribution < 1.29 is 4.79 Å². The number of amides is 1. The van der Waals surface area contributed by atoms with Crippen molar-refractivity contribution in [2.75, 3.05) is 5.73 Å². The molecule has 4 heteroatoms. The molecule has 0 radical (unpaired) electrons. The summed E-state index contributed by atoms with van der Waals surface area (Å²) in [6, 6.07) is 3.71. The number of nitrogens with zero attached hydrogens (tertiary/aromatic N) is 1. The van der Waals surface area contributed by atoms with E-state index in [1.54, 1.807) is 18.3 Å². The van der Waals surface area contributed by atoms with Gasteiger partial charge in [0.1, 0.15) is 0 Å². The number of hydrogen-bond acceptors (Lipinski definition) is 3. The van der Waals surface area contributed by atoms with Crippen LogP contribution in [0.2, 0.25) is 0 Å². The van der Waals surface area contributed by atoms with E-state index in [0.717, 1.165) is 5.69 Å². The summed E-state index contributed by atoms with van der Waals surface area (Å²) in [6.07, 6.45) is 1.87. The number of nitrogens with two attached hydrogens (primary N) is 1. The highest BCUT2D eigenvalue weighted by Crippen LogP contribution is 2.03. The monoisotopic (exact) mass is 221 g/mol. The van der Waals surface area contributed by atoms with Crippen molar-refractivity contribution in [2.45, 2.75) is 33.2 Å². The summed E-state index contributed by atoms with van der Waals surface area (Å²) in [5.41, 5.74) is 6.86. The lowest BCUT2D eigenvalue weighted by molar-refractivity contribution is -0.121. The summed E-state index contributed by atoms with van der Waals surface area (Å²) in [7, 11) is 0. The molecular weight excluding hydrogens is 202 g/mol. The molecule has 88 valence electrons. The van der Waals surface area contributed by atoms with Gasteiger partial charge in [-0.25, -0.2) is 0 Å². The fraction of sp³-hybridized carbons (Fsp3) is 0.500. The molecule has 1 unspecified atom stereocenters. The van der Waals surface area contributed by atoms with E-state index in [4.69, 9.17) is 5.73 Å². The molecule has 0 fully saturated rings. The molecule has 1 rings (SSSR count). The minimum atomic E-state index is -0.00142. The van der Waals surface area contributed by atoms with E-state index in [1.165, 1.54) is 0 Å². The van der Waals surface area contributed by atoms with Crippen molar-refractivity contribution in [1.82, 2.24) is 10.3 Å². The maximum atomic E-state index is 11.6. The third-order valence-corrected chi connectivity index (χ3v) is 2.58. The van der Waals surface area contributed by atoms with Gasteiger partial charge in [-0.1, -0.05) is 13.8 Å². The van der Waals surface area contributed by atoms with Gasteiger partial charge < -0.3 is 11.1 Å². The number of pyridine rings is 1. The van der Waals surface area contributed by atoms with Gasteiger partial charge in [-0.2, -0.15) is 0 Å². The van der Waals surface area contributed by atoms with Crippen LogP contribution < -0.4 is 11.1 Å². The fourth-order valence-corrected chi connectivity index (χ4v) is 1.18. The number of carbonyl (C=O) groups excluding carboxylic acids is 1. The lowest BCUT2D eigenvalue weighted by atomic mass is 10.1. The molecule has 0 spiro atoms. The summed E-state index contributed by atoms with van der Waals surface area (Å²) in [4.78, 5) is 15.7. The van der Waals surface area contributed by atoms with Crippen molar-refractivity contribution in [3.05, 3.63) is 24.0 Å². The average molecular weight is 221 g/mol. The first kappa shape index (κ1) is 12.5. The number of carbonyl (C=O) groups is 1. The standard InChI is InChI=1S/C12H19N3O/c1-8(2)9(3)15-12(16)6-11-5-4-10(13)7-14-11/h4-5,7-9H,6,13H2,1-3H3,(H,15,16). The van der Waals surface area contributed by atoms with E-state index >= 15 is 0 Å². The first-order valence-electron chi connectivity index (χ1n) is 5.49. The van der Waals surface area contributed by atoms with Crippen molar-refractivity contribution in [3.8, 4) is 0 Å². The highest BCUT2D eigenvalue weighted by Gasteiger charge is 2.11. The summed E-state index contributed by atoms with van der Waals surface area (Å²) in [6.45, 7) is 6.15. The Morgan fingerprint density at radius 3 is 2.62 bits per heavy atom. The SMILES string of the molecule is CC(C)C(C)NC(=O)Cc1ccc(N)cn1. The molecule has 0 aliphatic carbocycles. The number of nitrogen functional groups attached to an aromatic ring is 1. The molecular formula is C12H19N3O. The van der Waals surface area contributed by atoms with Crippen LogP contribution in [0.4, 0.5) is 5.69 Å². The summed E-state index contributed by atoms with van der Waals surface area (Å²) in [5.74, 6) is 0.432. The molecule has 16 heavy (non-hydrogen) atoms.